The van der Waals surface area contributed by atoms with E-state index in [0.29, 0.717) is 5.92 Å². The Morgan fingerprint density at radius 3 is 2.94 bits per heavy atom. The zero-order valence-corrected chi connectivity index (χ0v) is 12.9. The molecular weight excluding hydrogens is 292 g/mol. The number of hydrogen-bond acceptors (Lipinski definition) is 2. The van der Waals surface area contributed by atoms with Gasteiger partial charge >= 0.3 is 0 Å². The van der Waals surface area contributed by atoms with Crippen LogP contribution in [0, 0.1) is 5.92 Å². The van der Waals surface area contributed by atoms with Gasteiger partial charge < -0.3 is 5.11 Å². The van der Waals surface area contributed by atoms with E-state index in [4.69, 9.17) is 0 Å². The first kappa shape index (κ1) is 14.1. The van der Waals surface area contributed by atoms with Gasteiger partial charge in [-0.3, -0.25) is 4.68 Å². The van der Waals surface area contributed by atoms with E-state index in [-0.39, 0.29) is 0 Å². The zero-order chi connectivity index (χ0) is 13.2. The van der Waals surface area contributed by atoms with Crippen LogP contribution in [0.2, 0.25) is 0 Å². The van der Waals surface area contributed by atoms with Crippen molar-refractivity contribution in [2.75, 3.05) is 0 Å². The summed E-state index contributed by atoms with van der Waals surface area (Å²) >= 11 is 3.57. The number of aliphatic hydroxyl groups is 1. The molecule has 3 nitrogen and oxygen atoms in total. The summed E-state index contributed by atoms with van der Waals surface area (Å²) in [7, 11) is 0. The SMILES string of the molecule is CCCn1ncc(Br)c1C1(O)CCCCC1CC. The van der Waals surface area contributed by atoms with Gasteiger partial charge in [0, 0.05) is 6.54 Å². The summed E-state index contributed by atoms with van der Waals surface area (Å²) < 4.78 is 2.94. The van der Waals surface area contributed by atoms with Crippen LogP contribution in [0.5, 0.6) is 0 Å². The Morgan fingerprint density at radius 2 is 2.28 bits per heavy atom. The Balaban J connectivity index is 2.40. The third-order valence-electron chi connectivity index (χ3n) is 4.17. The number of aromatic nitrogens is 2. The van der Waals surface area contributed by atoms with Gasteiger partial charge in [-0.15, -0.1) is 0 Å². The van der Waals surface area contributed by atoms with E-state index in [1.807, 2.05) is 10.9 Å². The minimum absolute atomic E-state index is 0.356. The van der Waals surface area contributed by atoms with Gasteiger partial charge in [0.2, 0.25) is 0 Å². The molecule has 1 aromatic heterocycles. The van der Waals surface area contributed by atoms with Crippen molar-refractivity contribution >= 4 is 15.9 Å². The van der Waals surface area contributed by atoms with Crippen LogP contribution in [0.4, 0.5) is 0 Å². The quantitative estimate of drug-likeness (QED) is 0.916. The van der Waals surface area contributed by atoms with Crippen LogP contribution in [-0.4, -0.2) is 14.9 Å². The Morgan fingerprint density at radius 1 is 1.50 bits per heavy atom. The van der Waals surface area contributed by atoms with Crippen molar-refractivity contribution in [1.29, 1.82) is 0 Å². The van der Waals surface area contributed by atoms with Gasteiger partial charge in [0.25, 0.3) is 0 Å². The van der Waals surface area contributed by atoms with Crippen molar-refractivity contribution in [2.24, 2.45) is 5.92 Å². The average molecular weight is 315 g/mol. The van der Waals surface area contributed by atoms with Gasteiger partial charge in [-0.2, -0.15) is 5.10 Å². The molecule has 0 aliphatic heterocycles. The second-order valence-corrected chi connectivity index (χ2v) is 6.19. The lowest BCUT2D eigenvalue weighted by Gasteiger charge is -2.40. The highest BCUT2D eigenvalue weighted by molar-refractivity contribution is 9.10. The molecule has 1 fully saturated rings. The fourth-order valence-electron chi connectivity index (χ4n) is 3.26. The highest BCUT2D eigenvalue weighted by Crippen LogP contribution is 2.45. The number of rotatable bonds is 4. The van der Waals surface area contributed by atoms with E-state index < -0.39 is 5.60 Å². The summed E-state index contributed by atoms with van der Waals surface area (Å²) in [5, 5.41) is 15.6. The van der Waals surface area contributed by atoms with Crippen LogP contribution in [0.3, 0.4) is 0 Å². The minimum atomic E-state index is -0.697. The van der Waals surface area contributed by atoms with Crippen LogP contribution in [-0.2, 0) is 12.1 Å². The minimum Gasteiger partial charge on any atom is -0.383 e. The van der Waals surface area contributed by atoms with Crippen molar-refractivity contribution < 1.29 is 5.11 Å². The molecular formula is C14H23BrN2O. The molecule has 1 heterocycles. The molecule has 1 aromatic rings. The maximum absolute atomic E-state index is 11.2. The van der Waals surface area contributed by atoms with Gasteiger partial charge in [-0.25, -0.2) is 0 Å². The van der Waals surface area contributed by atoms with E-state index in [0.717, 1.165) is 48.8 Å². The Bertz CT molecular complexity index is 404. The van der Waals surface area contributed by atoms with Gasteiger partial charge in [-0.05, 0) is 41.1 Å². The number of hydrogen-bond donors (Lipinski definition) is 1. The Hall–Kier alpha value is -0.350. The second-order valence-electron chi connectivity index (χ2n) is 5.34. The maximum Gasteiger partial charge on any atom is 0.110 e. The average Bonchev–Trinajstić information content (AvgIpc) is 2.72. The van der Waals surface area contributed by atoms with Crippen LogP contribution >= 0.6 is 15.9 Å². The first-order valence-corrected chi connectivity index (χ1v) is 7.87. The van der Waals surface area contributed by atoms with E-state index >= 15 is 0 Å². The standard InChI is InChI=1S/C14H23BrN2O/c1-3-9-17-13(12(15)10-16-17)14(18)8-6-5-7-11(14)4-2/h10-11,18H,3-9H2,1-2H3. The highest BCUT2D eigenvalue weighted by atomic mass is 79.9. The molecule has 0 saturated heterocycles. The lowest BCUT2D eigenvalue weighted by molar-refractivity contribution is -0.0632. The van der Waals surface area contributed by atoms with E-state index in [1.165, 1.54) is 6.42 Å². The van der Waals surface area contributed by atoms with Crippen molar-refractivity contribution in [2.45, 2.75) is 64.5 Å². The zero-order valence-electron chi connectivity index (χ0n) is 11.3. The summed E-state index contributed by atoms with van der Waals surface area (Å²) in [5.41, 5.74) is 0.299. The van der Waals surface area contributed by atoms with Gasteiger partial charge in [-0.1, -0.05) is 33.1 Å². The van der Waals surface area contributed by atoms with Crippen LogP contribution in [0.15, 0.2) is 10.7 Å². The number of aryl methyl sites for hydroxylation is 1. The topological polar surface area (TPSA) is 38.0 Å². The number of halogens is 1. The lowest BCUT2D eigenvalue weighted by atomic mass is 9.72. The molecule has 2 unspecified atom stereocenters. The molecule has 1 aliphatic carbocycles. The van der Waals surface area contributed by atoms with Crippen LogP contribution in [0.25, 0.3) is 0 Å². The third-order valence-corrected chi connectivity index (χ3v) is 4.75. The van der Waals surface area contributed by atoms with E-state index in [1.54, 1.807) is 0 Å². The summed E-state index contributed by atoms with van der Waals surface area (Å²) in [6, 6.07) is 0. The highest BCUT2D eigenvalue weighted by Gasteiger charge is 2.43. The smallest absolute Gasteiger partial charge is 0.110 e. The fraction of sp³-hybridized carbons (Fsp3) is 0.786. The normalized spacial score (nSPS) is 28.6. The molecule has 0 aromatic carbocycles. The van der Waals surface area contributed by atoms with E-state index in [9.17, 15) is 5.11 Å². The molecule has 0 radical (unpaired) electrons. The second kappa shape index (κ2) is 5.74. The molecule has 2 atom stereocenters. The predicted octanol–water partition coefficient (Wildman–Crippen LogP) is 3.84. The van der Waals surface area contributed by atoms with Gasteiger partial charge in [0.15, 0.2) is 0 Å². The van der Waals surface area contributed by atoms with Crippen molar-refractivity contribution in [1.82, 2.24) is 9.78 Å². The Kier molecular flexibility index (Phi) is 4.49. The van der Waals surface area contributed by atoms with E-state index in [2.05, 4.69) is 34.9 Å². The summed E-state index contributed by atoms with van der Waals surface area (Å²) in [6.07, 6.45) is 8.21. The van der Waals surface area contributed by atoms with Crippen molar-refractivity contribution in [3.05, 3.63) is 16.4 Å². The molecule has 1 N–H and O–H groups in total. The largest absolute Gasteiger partial charge is 0.383 e. The molecule has 1 saturated carbocycles. The first-order chi connectivity index (χ1) is 8.63. The molecule has 2 rings (SSSR count). The first-order valence-electron chi connectivity index (χ1n) is 7.07. The van der Waals surface area contributed by atoms with Gasteiger partial charge in [0.1, 0.15) is 5.60 Å². The molecule has 0 spiro atoms. The van der Waals surface area contributed by atoms with Crippen LogP contribution in [0.1, 0.15) is 58.1 Å². The summed E-state index contributed by atoms with van der Waals surface area (Å²) in [6.45, 7) is 5.19. The maximum atomic E-state index is 11.2. The molecule has 0 bridgehead atoms. The van der Waals surface area contributed by atoms with Gasteiger partial charge in [0.05, 0.1) is 16.4 Å². The molecule has 18 heavy (non-hydrogen) atoms. The predicted molar refractivity (Wildman–Crippen MR) is 76.4 cm³/mol. The third kappa shape index (κ3) is 2.37. The van der Waals surface area contributed by atoms with Crippen molar-refractivity contribution in [3.8, 4) is 0 Å². The summed E-state index contributed by atoms with van der Waals surface area (Å²) in [4.78, 5) is 0. The molecule has 4 heteroatoms. The molecule has 0 amide bonds. The van der Waals surface area contributed by atoms with Crippen LogP contribution < -0.4 is 0 Å². The van der Waals surface area contributed by atoms with Crippen molar-refractivity contribution in [3.63, 3.8) is 0 Å². The lowest BCUT2D eigenvalue weighted by Crippen LogP contribution is -2.40. The Labute approximate surface area is 118 Å². The molecule has 1 aliphatic rings. The molecule has 102 valence electrons. The fourth-order valence-corrected chi connectivity index (χ4v) is 3.90. The number of nitrogens with zero attached hydrogens (tertiary/aromatic N) is 2. The monoisotopic (exact) mass is 314 g/mol. The summed E-state index contributed by atoms with van der Waals surface area (Å²) in [5.74, 6) is 0.356.